The van der Waals surface area contributed by atoms with E-state index in [1.54, 1.807) is 13.8 Å². The van der Waals surface area contributed by atoms with Crippen molar-refractivity contribution in [3.05, 3.63) is 41.2 Å². The van der Waals surface area contributed by atoms with Gasteiger partial charge in [0.15, 0.2) is 0 Å². The second kappa shape index (κ2) is 7.00. The van der Waals surface area contributed by atoms with Crippen LogP contribution in [-0.2, 0) is 0 Å². The molecular weight excluding hydrogens is 328 g/mol. The zero-order valence-corrected chi connectivity index (χ0v) is 14.1. The maximum absolute atomic E-state index is 13.2. The maximum Gasteiger partial charge on any atom is 0.323 e. The van der Waals surface area contributed by atoms with E-state index in [4.69, 9.17) is 0 Å². The molecule has 2 heterocycles. The first-order chi connectivity index (χ1) is 11.9. The van der Waals surface area contributed by atoms with Crippen LogP contribution in [0.25, 0.3) is 0 Å². The number of hydrogen-bond donors (Lipinski definition) is 2. The number of aromatic nitrogens is 2. The zero-order valence-electron chi connectivity index (χ0n) is 14.1. The van der Waals surface area contributed by atoms with Crippen molar-refractivity contribution in [3.8, 4) is 0 Å². The van der Waals surface area contributed by atoms with Gasteiger partial charge in [0.25, 0.3) is 0 Å². The third-order valence-electron chi connectivity index (χ3n) is 4.01. The molecule has 1 aromatic carbocycles. The molecule has 25 heavy (non-hydrogen) atoms. The minimum Gasteiger partial charge on any atom is -0.341 e. The first-order valence-corrected chi connectivity index (χ1v) is 8.06. The third kappa shape index (κ3) is 4.01. The molecule has 132 valence electrons. The Morgan fingerprint density at radius 3 is 2.12 bits per heavy atom. The number of nitrogens with zero attached hydrogens (tertiary/aromatic N) is 3. The fourth-order valence-corrected chi connectivity index (χ4v) is 2.84. The first-order valence-electron chi connectivity index (χ1n) is 8.06. The Labute approximate surface area is 144 Å². The molecule has 6 nitrogen and oxygen atoms in total. The van der Waals surface area contributed by atoms with Crippen molar-refractivity contribution in [2.45, 2.75) is 26.7 Å². The Balaban J connectivity index is 1.74. The van der Waals surface area contributed by atoms with E-state index in [0.29, 0.717) is 23.0 Å². The van der Waals surface area contributed by atoms with Crippen LogP contribution in [0.3, 0.4) is 0 Å². The van der Waals surface area contributed by atoms with Crippen molar-refractivity contribution < 1.29 is 13.6 Å². The van der Waals surface area contributed by atoms with Crippen molar-refractivity contribution in [1.82, 2.24) is 9.97 Å². The van der Waals surface area contributed by atoms with E-state index < -0.39 is 17.7 Å². The van der Waals surface area contributed by atoms with E-state index in [1.807, 2.05) is 0 Å². The Hall–Kier alpha value is -2.77. The Morgan fingerprint density at radius 2 is 1.56 bits per heavy atom. The highest BCUT2D eigenvalue weighted by molar-refractivity contribution is 6.00. The van der Waals surface area contributed by atoms with Crippen molar-refractivity contribution >= 4 is 23.4 Å². The van der Waals surface area contributed by atoms with Crippen LogP contribution in [0.2, 0.25) is 0 Å². The number of hydrogen-bond acceptors (Lipinski definition) is 4. The molecular formula is C17H19F2N5O. The number of urea groups is 1. The molecule has 8 heteroatoms. The van der Waals surface area contributed by atoms with Gasteiger partial charge in [-0.1, -0.05) is 0 Å². The highest BCUT2D eigenvalue weighted by atomic mass is 19.1. The average Bonchev–Trinajstić information content (AvgIpc) is 3.04. The van der Waals surface area contributed by atoms with Gasteiger partial charge < -0.3 is 15.5 Å². The summed E-state index contributed by atoms with van der Waals surface area (Å²) < 4.78 is 26.4. The van der Waals surface area contributed by atoms with Gasteiger partial charge in [0.05, 0.1) is 17.1 Å². The van der Waals surface area contributed by atoms with Crippen LogP contribution < -0.4 is 15.5 Å². The number of nitrogens with one attached hydrogen (secondary N) is 2. The summed E-state index contributed by atoms with van der Waals surface area (Å²) in [7, 11) is 0. The fraction of sp³-hybridized carbons (Fsp3) is 0.353. The van der Waals surface area contributed by atoms with Gasteiger partial charge in [-0.2, -0.15) is 0 Å². The van der Waals surface area contributed by atoms with Crippen LogP contribution >= 0.6 is 0 Å². The number of carbonyl (C=O) groups excluding carboxylic acids is 1. The molecule has 3 rings (SSSR count). The van der Waals surface area contributed by atoms with Gasteiger partial charge in [-0.25, -0.2) is 23.5 Å². The Morgan fingerprint density at radius 1 is 1.00 bits per heavy atom. The standard InChI is InChI=1S/C17H19F2N5O/c1-10-15(11(2)21-16(20-10)24-5-3-4-6-24)23-17(25)22-14-8-12(18)7-13(19)9-14/h7-9H,3-6H2,1-2H3,(H2,22,23,25). The molecule has 1 fully saturated rings. The normalized spacial score (nSPS) is 13.8. The highest BCUT2D eigenvalue weighted by Crippen LogP contribution is 2.23. The predicted molar refractivity (Wildman–Crippen MR) is 92.0 cm³/mol. The van der Waals surface area contributed by atoms with Gasteiger partial charge >= 0.3 is 6.03 Å². The summed E-state index contributed by atoms with van der Waals surface area (Å²) in [6.45, 7) is 5.42. The third-order valence-corrected chi connectivity index (χ3v) is 4.01. The smallest absolute Gasteiger partial charge is 0.323 e. The van der Waals surface area contributed by atoms with Crippen molar-refractivity contribution in [2.24, 2.45) is 0 Å². The molecule has 2 aromatic rings. The molecule has 0 aliphatic carbocycles. The second-order valence-electron chi connectivity index (χ2n) is 6.00. The fourth-order valence-electron chi connectivity index (χ4n) is 2.84. The van der Waals surface area contributed by atoms with Gasteiger partial charge in [-0.05, 0) is 38.8 Å². The second-order valence-corrected chi connectivity index (χ2v) is 6.00. The Bertz CT molecular complexity index is 762. The summed E-state index contributed by atoms with van der Waals surface area (Å²) in [6.07, 6.45) is 2.24. The molecule has 1 aromatic heterocycles. The summed E-state index contributed by atoms with van der Waals surface area (Å²) >= 11 is 0. The first kappa shape index (κ1) is 17.1. The number of anilines is 3. The molecule has 1 saturated heterocycles. The van der Waals surface area contributed by atoms with Gasteiger partial charge in [0.1, 0.15) is 11.6 Å². The minimum absolute atomic E-state index is 0.0277. The summed E-state index contributed by atoms with van der Waals surface area (Å²) in [5.74, 6) is -0.868. The lowest BCUT2D eigenvalue weighted by atomic mass is 10.3. The number of benzene rings is 1. The number of carbonyl (C=O) groups is 1. The van der Waals surface area contributed by atoms with Crippen LogP contribution in [0.15, 0.2) is 18.2 Å². The van der Waals surface area contributed by atoms with Crippen LogP contribution in [-0.4, -0.2) is 29.1 Å². The predicted octanol–water partition coefficient (Wildman–Crippen LogP) is 3.62. The molecule has 1 aliphatic rings. The lowest BCUT2D eigenvalue weighted by molar-refractivity contribution is 0.262. The molecule has 0 atom stereocenters. The Kier molecular flexibility index (Phi) is 4.78. The van der Waals surface area contributed by atoms with Crippen molar-refractivity contribution in [3.63, 3.8) is 0 Å². The van der Waals surface area contributed by atoms with E-state index in [0.717, 1.165) is 44.1 Å². The maximum atomic E-state index is 13.2. The summed E-state index contributed by atoms with van der Waals surface area (Å²) in [6, 6.07) is 2.20. The van der Waals surface area contributed by atoms with Crippen LogP contribution in [0, 0.1) is 25.5 Å². The SMILES string of the molecule is Cc1nc(N2CCCC2)nc(C)c1NC(=O)Nc1cc(F)cc(F)c1. The van der Waals surface area contributed by atoms with E-state index in [-0.39, 0.29) is 5.69 Å². The minimum atomic E-state index is -0.763. The van der Waals surface area contributed by atoms with Gasteiger partial charge in [0, 0.05) is 24.8 Å². The van der Waals surface area contributed by atoms with Gasteiger partial charge in [-0.15, -0.1) is 0 Å². The molecule has 2 N–H and O–H groups in total. The van der Waals surface area contributed by atoms with Crippen LogP contribution in [0.5, 0.6) is 0 Å². The van der Waals surface area contributed by atoms with Gasteiger partial charge in [-0.3, -0.25) is 0 Å². The molecule has 0 spiro atoms. The molecule has 0 radical (unpaired) electrons. The number of halogens is 2. The lowest BCUT2D eigenvalue weighted by Crippen LogP contribution is -2.24. The number of aryl methyl sites for hydroxylation is 2. The van der Waals surface area contributed by atoms with Crippen LogP contribution in [0.1, 0.15) is 24.2 Å². The van der Waals surface area contributed by atoms with E-state index in [2.05, 4.69) is 25.5 Å². The summed E-state index contributed by atoms with van der Waals surface area (Å²) in [5.41, 5.74) is 1.78. The zero-order chi connectivity index (χ0) is 18.0. The molecule has 0 bridgehead atoms. The topological polar surface area (TPSA) is 70.2 Å². The monoisotopic (exact) mass is 347 g/mol. The molecule has 2 amide bonds. The number of rotatable bonds is 3. The summed E-state index contributed by atoms with van der Waals surface area (Å²) in [5, 5.41) is 5.05. The molecule has 1 aliphatic heterocycles. The van der Waals surface area contributed by atoms with E-state index in [1.165, 1.54) is 0 Å². The highest BCUT2D eigenvalue weighted by Gasteiger charge is 2.18. The molecule has 0 saturated carbocycles. The van der Waals surface area contributed by atoms with Crippen LogP contribution in [0.4, 0.5) is 30.9 Å². The van der Waals surface area contributed by atoms with Crippen molar-refractivity contribution in [1.29, 1.82) is 0 Å². The van der Waals surface area contributed by atoms with E-state index >= 15 is 0 Å². The number of amides is 2. The largest absolute Gasteiger partial charge is 0.341 e. The van der Waals surface area contributed by atoms with E-state index in [9.17, 15) is 13.6 Å². The quantitative estimate of drug-likeness (QED) is 0.890. The van der Waals surface area contributed by atoms with Gasteiger partial charge in [0.2, 0.25) is 5.95 Å². The average molecular weight is 347 g/mol. The molecule has 0 unspecified atom stereocenters. The summed E-state index contributed by atoms with van der Waals surface area (Å²) in [4.78, 5) is 23.1. The lowest BCUT2D eigenvalue weighted by Gasteiger charge is -2.18. The van der Waals surface area contributed by atoms with Crippen molar-refractivity contribution in [2.75, 3.05) is 28.6 Å².